The van der Waals surface area contributed by atoms with Crippen LogP contribution in [0.1, 0.15) is 19.0 Å². The number of aromatic nitrogens is 2. The Hall–Kier alpha value is -0.980. The van der Waals surface area contributed by atoms with Gasteiger partial charge in [-0.05, 0) is 26.0 Å². The molecule has 1 unspecified atom stereocenters. The van der Waals surface area contributed by atoms with Gasteiger partial charge >= 0.3 is 0 Å². The lowest BCUT2D eigenvalue weighted by Crippen LogP contribution is -2.25. The molecule has 1 aromatic heterocycles. The first kappa shape index (κ1) is 12.5. The Morgan fingerprint density at radius 2 is 2.29 bits per heavy atom. The number of hydrogen-bond acceptors (Lipinski definition) is 6. The Labute approximate surface area is 105 Å². The van der Waals surface area contributed by atoms with Gasteiger partial charge in [-0.25, -0.2) is 0 Å². The number of rotatable bonds is 4. The summed E-state index contributed by atoms with van der Waals surface area (Å²) in [5, 5.41) is 0. The van der Waals surface area contributed by atoms with Crippen LogP contribution in [0.5, 0.6) is 5.88 Å². The molecule has 0 spiro atoms. The van der Waals surface area contributed by atoms with Crippen molar-refractivity contribution in [3.05, 3.63) is 11.8 Å². The molecule has 6 heteroatoms. The lowest BCUT2D eigenvalue weighted by molar-refractivity contribution is -0.0407. The maximum Gasteiger partial charge on any atom is 0.255 e. The molecular weight excluding hydrogens is 238 g/mol. The monoisotopic (exact) mass is 255 g/mol. The highest BCUT2D eigenvalue weighted by Gasteiger charge is 2.19. The van der Waals surface area contributed by atoms with Crippen LogP contribution in [0.3, 0.4) is 0 Å². The highest BCUT2D eigenvalue weighted by Crippen LogP contribution is 2.27. The van der Waals surface area contributed by atoms with Crippen LogP contribution in [0.15, 0.2) is 6.08 Å². The van der Waals surface area contributed by atoms with Crippen LogP contribution in [-0.2, 0) is 4.74 Å². The van der Waals surface area contributed by atoms with Crippen LogP contribution in [0, 0.1) is 0 Å². The summed E-state index contributed by atoms with van der Waals surface area (Å²) < 4.78 is 19.1. The van der Waals surface area contributed by atoms with E-state index in [1.165, 1.54) is 17.3 Å². The predicted molar refractivity (Wildman–Crippen MR) is 67.1 cm³/mol. The lowest BCUT2D eigenvalue weighted by atomic mass is 10.1. The Balaban J connectivity index is 2.15. The van der Waals surface area contributed by atoms with Crippen molar-refractivity contribution >= 4 is 17.3 Å². The molecule has 2 heterocycles. The van der Waals surface area contributed by atoms with E-state index in [2.05, 4.69) is 26.8 Å². The molecule has 0 aliphatic carbocycles. The summed E-state index contributed by atoms with van der Waals surface area (Å²) in [7, 11) is 3.71. The summed E-state index contributed by atoms with van der Waals surface area (Å²) in [6.45, 7) is 3.82. The van der Waals surface area contributed by atoms with E-state index >= 15 is 0 Å². The maximum absolute atomic E-state index is 5.58. The van der Waals surface area contributed by atoms with E-state index < -0.39 is 0 Å². The van der Waals surface area contributed by atoms with Crippen LogP contribution >= 0.6 is 11.7 Å². The molecule has 0 radical (unpaired) electrons. The minimum absolute atomic E-state index is 0.306. The molecule has 0 bridgehead atoms. The van der Waals surface area contributed by atoms with E-state index in [0.717, 1.165) is 25.2 Å². The van der Waals surface area contributed by atoms with Gasteiger partial charge in [-0.15, -0.1) is 4.37 Å². The van der Waals surface area contributed by atoms with E-state index in [-0.39, 0.29) is 6.29 Å². The fourth-order valence-corrected chi connectivity index (χ4v) is 2.25. The van der Waals surface area contributed by atoms with Gasteiger partial charge in [0.15, 0.2) is 6.29 Å². The largest absolute Gasteiger partial charge is 0.446 e. The van der Waals surface area contributed by atoms with Crippen molar-refractivity contribution in [2.75, 3.05) is 27.2 Å². The molecule has 0 amide bonds. The molecule has 0 N–H and O–H groups in total. The summed E-state index contributed by atoms with van der Waals surface area (Å²) in [5.74, 6) is 0.575. The van der Waals surface area contributed by atoms with E-state index in [0.29, 0.717) is 5.88 Å². The lowest BCUT2D eigenvalue weighted by Gasteiger charge is -2.22. The average molecular weight is 255 g/mol. The molecule has 94 valence electrons. The molecule has 1 atom stereocenters. The summed E-state index contributed by atoms with van der Waals surface area (Å²) in [6.07, 6.45) is 2.95. The molecular formula is C11H17N3O2S. The maximum atomic E-state index is 5.58. The fourth-order valence-electron chi connectivity index (χ4n) is 1.72. The van der Waals surface area contributed by atoms with Gasteiger partial charge in [0.1, 0.15) is 5.69 Å². The number of ether oxygens (including phenoxy) is 2. The first-order chi connectivity index (χ1) is 8.20. The minimum Gasteiger partial charge on any atom is -0.446 e. The Morgan fingerprint density at radius 1 is 1.47 bits per heavy atom. The zero-order valence-electron chi connectivity index (χ0n) is 10.3. The summed E-state index contributed by atoms with van der Waals surface area (Å²) >= 11 is 1.17. The van der Waals surface area contributed by atoms with Crippen molar-refractivity contribution < 1.29 is 9.47 Å². The Kier molecular flexibility index (Phi) is 4.09. The third-order valence-corrected chi connectivity index (χ3v) is 3.23. The minimum atomic E-state index is -0.306. The topological polar surface area (TPSA) is 47.5 Å². The molecule has 1 aromatic rings. The summed E-state index contributed by atoms with van der Waals surface area (Å²) in [6, 6.07) is 0. The van der Waals surface area contributed by atoms with Gasteiger partial charge in [0, 0.05) is 20.2 Å². The van der Waals surface area contributed by atoms with Crippen LogP contribution in [0.2, 0.25) is 0 Å². The second-order valence-electron chi connectivity index (χ2n) is 4.09. The van der Waals surface area contributed by atoms with Crippen LogP contribution < -0.4 is 4.74 Å². The van der Waals surface area contributed by atoms with Crippen molar-refractivity contribution in [2.24, 2.45) is 0 Å². The van der Waals surface area contributed by atoms with Gasteiger partial charge in [0.2, 0.25) is 0 Å². The molecule has 17 heavy (non-hydrogen) atoms. The highest BCUT2D eigenvalue weighted by atomic mass is 32.1. The molecule has 0 fully saturated rings. The van der Waals surface area contributed by atoms with Gasteiger partial charge in [-0.3, -0.25) is 0 Å². The third-order valence-electron chi connectivity index (χ3n) is 2.71. The zero-order valence-corrected chi connectivity index (χ0v) is 11.2. The van der Waals surface area contributed by atoms with Crippen molar-refractivity contribution in [3.8, 4) is 5.88 Å². The van der Waals surface area contributed by atoms with Gasteiger partial charge in [-0.2, -0.15) is 4.37 Å². The molecule has 2 rings (SSSR count). The average Bonchev–Trinajstić information content (AvgIpc) is 2.77. The summed E-state index contributed by atoms with van der Waals surface area (Å²) in [4.78, 5) is 2.26. The molecule has 0 aromatic carbocycles. The van der Waals surface area contributed by atoms with E-state index in [9.17, 15) is 0 Å². The van der Waals surface area contributed by atoms with Crippen molar-refractivity contribution in [1.82, 2.24) is 13.6 Å². The second kappa shape index (κ2) is 5.57. The van der Waals surface area contributed by atoms with Crippen molar-refractivity contribution in [2.45, 2.75) is 19.6 Å². The van der Waals surface area contributed by atoms with Gasteiger partial charge in [0.05, 0.1) is 11.7 Å². The zero-order chi connectivity index (χ0) is 12.3. The van der Waals surface area contributed by atoms with Crippen LogP contribution in [0.4, 0.5) is 0 Å². The molecule has 1 aliphatic heterocycles. The van der Waals surface area contributed by atoms with Gasteiger partial charge < -0.3 is 14.4 Å². The smallest absolute Gasteiger partial charge is 0.255 e. The van der Waals surface area contributed by atoms with Crippen molar-refractivity contribution in [3.63, 3.8) is 0 Å². The van der Waals surface area contributed by atoms with E-state index in [1.807, 2.05) is 6.92 Å². The van der Waals surface area contributed by atoms with Gasteiger partial charge in [-0.1, -0.05) is 6.08 Å². The standard InChI is InChI=1S/C11H17N3O2S/c1-8(15-3)16-11-10(12-17-13-11)9-5-4-6-14(2)7-9/h5,8H,4,6-7H2,1-3H3. The molecule has 5 nitrogen and oxygen atoms in total. The normalized spacial score (nSPS) is 18.9. The SMILES string of the molecule is COC(C)Oc1nsnc1C1=CCCN(C)C1. The number of hydrogen-bond donors (Lipinski definition) is 0. The Morgan fingerprint density at radius 3 is 3.00 bits per heavy atom. The molecule has 0 saturated carbocycles. The fraction of sp³-hybridized carbons (Fsp3) is 0.636. The quantitative estimate of drug-likeness (QED) is 0.765. The summed E-state index contributed by atoms with van der Waals surface area (Å²) in [5.41, 5.74) is 2.04. The Bertz CT molecular complexity index is 405. The number of likely N-dealkylation sites (N-methyl/N-ethyl adjacent to an activating group) is 1. The van der Waals surface area contributed by atoms with Crippen molar-refractivity contribution in [1.29, 1.82) is 0 Å². The van der Waals surface area contributed by atoms with Gasteiger partial charge in [0.25, 0.3) is 5.88 Å². The molecule has 1 aliphatic rings. The predicted octanol–water partition coefficient (Wildman–Crippen LogP) is 1.63. The van der Waals surface area contributed by atoms with Crippen LogP contribution in [0.25, 0.3) is 5.57 Å². The van der Waals surface area contributed by atoms with Crippen LogP contribution in [-0.4, -0.2) is 47.2 Å². The molecule has 0 saturated heterocycles. The van der Waals surface area contributed by atoms with E-state index in [1.54, 1.807) is 7.11 Å². The van der Waals surface area contributed by atoms with E-state index in [4.69, 9.17) is 9.47 Å². The first-order valence-electron chi connectivity index (χ1n) is 5.60. The second-order valence-corrected chi connectivity index (χ2v) is 4.62. The number of methoxy groups -OCH3 is 1. The number of nitrogens with zero attached hydrogens (tertiary/aromatic N) is 3. The highest BCUT2D eigenvalue weighted by molar-refractivity contribution is 6.99. The first-order valence-corrected chi connectivity index (χ1v) is 6.33. The third kappa shape index (κ3) is 3.02.